The van der Waals surface area contributed by atoms with Crippen LogP contribution in [0.5, 0.6) is 11.5 Å². The molecule has 110 valence electrons. The number of rotatable bonds is 3. The van der Waals surface area contributed by atoms with Crippen LogP contribution in [0.2, 0.25) is 0 Å². The molecule has 3 rings (SSSR count). The Bertz CT molecular complexity index is 498. The van der Waals surface area contributed by atoms with Crippen LogP contribution in [-0.4, -0.2) is 38.3 Å². The summed E-state index contributed by atoms with van der Waals surface area (Å²) in [5.41, 5.74) is 2.81. The van der Waals surface area contributed by atoms with Gasteiger partial charge in [0.15, 0.2) is 11.5 Å². The summed E-state index contributed by atoms with van der Waals surface area (Å²) in [7, 11) is 3.40. The topological polar surface area (TPSA) is 21.7 Å². The SMILES string of the molecule is COc1cc2c(c(Br)c1OC)CC(N1CCCCC1)C2. The van der Waals surface area contributed by atoms with Crippen LogP contribution in [0.3, 0.4) is 0 Å². The van der Waals surface area contributed by atoms with Crippen molar-refractivity contribution < 1.29 is 9.47 Å². The van der Waals surface area contributed by atoms with Gasteiger partial charge < -0.3 is 9.47 Å². The van der Waals surface area contributed by atoms with Gasteiger partial charge in [0.2, 0.25) is 0 Å². The number of hydrogen-bond donors (Lipinski definition) is 0. The first-order chi connectivity index (χ1) is 9.74. The molecule has 0 amide bonds. The molecule has 1 aliphatic carbocycles. The smallest absolute Gasteiger partial charge is 0.175 e. The van der Waals surface area contributed by atoms with Crippen molar-refractivity contribution in [3.05, 3.63) is 21.7 Å². The molecule has 0 aromatic heterocycles. The summed E-state index contributed by atoms with van der Waals surface area (Å²) in [6, 6.07) is 2.81. The van der Waals surface area contributed by atoms with Gasteiger partial charge in [0, 0.05) is 6.04 Å². The van der Waals surface area contributed by atoms with Crippen molar-refractivity contribution in [2.75, 3.05) is 27.3 Å². The normalized spacial score (nSPS) is 22.6. The first-order valence-corrected chi connectivity index (χ1v) is 8.20. The number of fused-ring (bicyclic) bond motifs is 1. The average Bonchev–Trinajstić information content (AvgIpc) is 2.92. The van der Waals surface area contributed by atoms with Gasteiger partial charge in [0.05, 0.1) is 18.7 Å². The van der Waals surface area contributed by atoms with Gasteiger partial charge in [-0.2, -0.15) is 0 Å². The zero-order valence-electron chi connectivity index (χ0n) is 12.2. The van der Waals surface area contributed by atoms with Gasteiger partial charge in [-0.1, -0.05) is 6.42 Å². The highest BCUT2D eigenvalue weighted by Gasteiger charge is 2.31. The van der Waals surface area contributed by atoms with Crippen molar-refractivity contribution in [1.82, 2.24) is 4.90 Å². The van der Waals surface area contributed by atoms with Gasteiger partial charge in [0.1, 0.15) is 0 Å². The fourth-order valence-corrected chi connectivity index (χ4v) is 4.32. The lowest BCUT2D eigenvalue weighted by Gasteiger charge is -2.32. The van der Waals surface area contributed by atoms with Crippen molar-refractivity contribution in [3.8, 4) is 11.5 Å². The Morgan fingerprint density at radius 2 is 1.85 bits per heavy atom. The fraction of sp³-hybridized carbons (Fsp3) is 0.625. The molecular formula is C16H22BrNO2. The van der Waals surface area contributed by atoms with E-state index in [0.29, 0.717) is 6.04 Å². The minimum Gasteiger partial charge on any atom is -0.493 e. The summed E-state index contributed by atoms with van der Waals surface area (Å²) >= 11 is 3.71. The fourth-order valence-electron chi connectivity index (χ4n) is 3.55. The predicted molar refractivity (Wildman–Crippen MR) is 83.9 cm³/mol. The summed E-state index contributed by atoms with van der Waals surface area (Å²) in [6.45, 7) is 2.51. The lowest BCUT2D eigenvalue weighted by atomic mass is 10.1. The molecule has 1 atom stereocenters. The van der Waals surface area contributed by atoms with E-state index in [1.165, 1.54) is 43.5 Å². The molecule has 0 spiro atoms. The molecule has 1 aromatic rings. The third kappa shape index (κ3) is 2.44. The van der Waals surface area contributed by atoms with Crippen LogP contribution in [0, 0.1) is 0 Å². The minimum absolute atomic E-state index is 0.651. The molecule has 2 aliphatic rings. The van der Waals surface area contributed by atoms with Gasteiger partial charge in [-0.25, -0.2) is 0 Å². The Morgan fingerprint density at radius 3 is 2.50 bits per heavy atom. The second kappa shape index (κ2) is 5.94. The zero-order valence-corrected chi connectivity index (χ0v) is 13.8. The van der Waals surface area contributed by atoms with E-state index in [-0.39, 0.29) is 0 Å². The maximum absolute atomic E-state index is 5.49. The van der Waals surface area contributed by atoms with E-state index in [1.807, 2.05) is 0 Å². The van der Waals surface area contributed by atoms with E-state index in [0.717, 1.165) is 28.8 Å². The Balaban J connectivity index is 1.87. The molecule has 1 saturated heterocycles. The van der Waals surface area contributed by atoms with Crippen molar-refractivity contribution >= 4 is 15.9 Å². The largest absolute Gasteiger partial charge is 0.493 e. The number of methoxy groups -OCH3 is 2. The van der Waals surface area contributed by atoms with Crippen LogP contribution in [0.4, 0.5) is 0 Å². The lowest BCUT2D eigenvalue weighted by molar-refractivity contribution is 0.168. The maximum atomic E-state index is 5.49. The summed E-state index contributed by atoms with van der Waals surface area (Å²) < 4.78 is 12.0. The number of hydrogen-bond acceptors (Lipinski definition) is 3. The molecule has 1 aliphatic heterocycles. The predicted octanol–water partition coefficient (Wildman–Crippen LogP) is 3.42. The van der Waals surface area contributed by atoms with Crippen molar-refractivity contribution in [2.45, 2.75) is 38.1 Å². The van der Waals surface area contributed by atoms with E-state index in [9.17, 15) is 0 Å². The van der Waals surface area contributed by atoms with Crippen LogP contribution in [0.15, 0.2) is 10.5 Å². The third-order valence-electron chi connectivity index (χ3n) is 4.61. The lowest BCUT2D eigenvalue weighted by Crippen LogP contribution is -2.39. The number of piperidine rings is 1. The van der Waals surface area contributed by atoms with Crippen LogP contribution in [0.1, 0.15) is 30.4 Å². The van der Waals surface area contributed by atoms with Crippen molar-refractivity contribution in [3.63, 3.8) is 0 Å². The van der Waals surface area contributed by atoms with Crippen LogP contribution < -0.4 is 9.47 Å². The Labute approximate surface area is 129 Å². The number of halogens is 1. The molecule has 20 heavy (non-hydrogen) atoms. The van der Waals surface area contributed by atoms with Crippen LogP contribution >= 0.6 is 15.9 Å². The van der Waals surface area contributed by atoms with Gasteiger partial charge >= 0.3 is 0 Å². The highest BCUT2D eigenvalue weighted by Crippen LogP contribution is 2.43. The molecule has 1 fully saturated rings. The summed E-state index contributed by atoms with van der Waals surface area (Å²) in [6.07, 6.45) is 6.34. The van der Waals surface area contributed by atoms with E-state index in [1.54, 1.807) is 14.2 Å². The number of likely N-dealkylation sites (tertiary alicyclic amines) is 1. The average molecular weight is 340 g/mol. The van der Waals surface area contributed by atoms with Crippen molar-refractivity contribution in [2.24, 2.45) is 0 Å². The molecule has 0 saturated carbocycles. The second-order valence-electron chi connectivity index (χ2n) is 5.72. The van der Waals surface area contributed by atoms with Gasteiger partial charge in [-0.15, -0.1) is 0 Å². The van der Waals surface area contributed by atoms with Crippen LogP contribution in [-0.2, 0) is 12.8 Å². The molecule has 3 nitrogen and oxygen atoms in total. The summed E-state index contributed by atoms with van der Waals surface area (Å²) in [5, 5.41) is 0. The first kappa shape index (κ1) is 14.2. The van der Waals surface area contributed by atoms with Crippen LogP contribution in [0.25, 0.3) is 0 Å². The van der Waals surface area contributed by atoms with Gasteiger partial charge in [0.25, 0.3) is 0 Å². The summed E-state index contributed by atoms with van der Waals surface area (Å²) in [5.74, 6) is 1.66. The number of nitrogens with zero attached hydrogens (tertiary/aromatic N) is 1. The monoisotopic (exact) mass is 339 g/mol. The Hall–Kier alpha value is -0.740. The molecule has 1 aromatic carbocycles. The van der Waals surface area contributed by atoms with E-state index >= 15 is 0 Å². The van der Waals surface area contributed by atoms with E-state index < -0.39 is 0 Å². The third-order valence-corrected chi connectivity index (χ3v) is 5.45. The zero-order chi connectivity index (χ0) is 14.1. The summed E-state index contributed by atoms with van der Waals surface area (Å²) in [4.78, 5) is 2.66. The number of benzene rings is 1. The second-order valence-corrected chi connectivity index (χ2v) is 6.52. The minimum atomic E-state index is 0.651. The Morgan fingerprint density at radius 1 is 1.10 bits per heavy atom. The molecule has 1 unspecified atom stereocenters. The molecule has 0 N–H and O–H groups in total. The molecular weight excluding hydrogens is 318 g/mol. The first-order valence-electron chi connectivity index (χ1n) is 7.41. The van der Waals surface area contributed by atoms with E-state index in [2.05, 4.69) is 26.9 Å². The molecule has 4 heteroatoms. The highest BCUT2D eigenvalue weighted by atomic mass is 79.9. The number of ether oxygens (including phenoxy) is 2. The Kier molecular flexibility index (Phi) is 4.22. The van der Waals surface area contributed by atoms with E-state index in [4.69, 9.17) is 9.47 Å². The molecule has 1 heterocycles. The quantitative estimate of drug-likeness (QED) is 0.842. The standard InChI is InChI=1S/C16H22BrNO2/c1-19-14-9-11-8-12(18-6-4-3-5-7-18)10-13(11)15(17)16(14)20-2/h9,12H,3-8,10H2,1-2H3. The maximum Gasteiger partial charge on any atom is 0.175 e. The molecule has 0 bridgehead atoms. The van der Waals surface area contributed by atoms with Crippen molar-refractivity contribution in [1.29, 1.82) is 0 Å². The molecule has 0 radical (unpaired) electrons. The van der Waals surface area contributed by atoms with Gasteiger partial charge in [-0.3, -0.25) is 4.90 Å². The highest BCUT2D eigenvalue weighted by molar-refractivity contribution is 9.10. The van der Waals surface area contributed by atoms with Gasteiger partial charge in [-0.05, 0) is 71.9 Å².